The first kappa shape index (κ1) is 11.2. The van der Waals surface area contributed by atoms with Crippen molar-refractivity contribution in [2.24, 2.45) is 0 Å². The smallest absolute Gasteiger partial charge is 0.228 e. The highest BCUT2D eigenvalue weighted by Crippen LogP contribution is 2.21. The molecule has 3 heterocycles. The summed E-state index contributed by atoms with van der Waals surface area (Å²) in [6.07, 6.45) is 4.53. The maximum atomic E-state index is 5.22. The molecule has 0 saturated heterocycles. The van der Waals surface area contributed by atoms with E-state index in [-0.39, 0.29) is 0 Å². The Morgan fingerprint density at radius 2 is 2.39 bits per heavy atom. The van der Waals surface area contributed by atoms with E-state index in [4.69, 9.17) is 4.52 Å². The van der Waals surface area contributed by atoms with Gasteiger partial charge in [0.1, 0.15) is 0 Å². The maximum absolute atomic E-state index is 5.22. The predicted octanol–water partition coefficient (Wildman–Crippen LogP) is 2.55. The Balaban J connectivity index is 1.67. The largest absolute Gasteiger partial charge is 0.339 e. The van der Waals surface area contributed by atoms with E-state index in [0.717, 1.165) is 17.0 Å². The van der Waals surface area contributed by atoms with Gasteiger partial charge in [0.25, 0.3) is 0 Å². The highest BCUT2D eigenvalue weighted by molar-refractivity contribution is 7.13. The number of rotatable bonds is 4. The zero-order valence-corrected chi connectivity index (χ0v) is 10.7. The molecule has 18 heavy (non-hydrogen) atoms. The first-order valence-electron chi connectivity index (χ1n) is 5.67. The summed E-state index contributed by atoms with van der Waals surface area (Å²) in [4.78, 5) is 5.39. The Morgan fingerprint density at radius 3 is 3.11 bits per heavy atom. The molecule has 0 fully saturated rings. The lowest BCUT2D eigenvalue weighted by molar-refractivity contribution is 0.369. The average molecular weight is 260 g/mol. The van der Waals surface area contributed by atoms with Crippen molar-refractivity contribution >= 4 is 11.3 Å². The molecule has 92 valence electrons. The quantitative estimate of drug-likeness (QED) is 0.723. The summed E-state index contributed by atoms with van der Waals surface area (Å²) in [6.45, 7) is 2.77. The van der Waals surface area contributed by atoms with Crippen LogP contribution in [0.25, 0.3) is 10.7 Å². The van der Waals surface area contributed by atoms with Crippen LogP contribution in [0, 0.1) is 6.92 Å². The molecule has 0 N–H and O–H groups in total. The Morgan fingerprint density at radius 1 is 1.44 bits per heavy atom. The second kappa shape index (κ2) is 4.73. The summed E-state index contributed by atoms with van der Waals surface area (Å²) < 4.78 is 7.10. The summed E-state index contributed by atoms with van der Waals surface area (Å²) in [5.74, 6) is 1.31. The molecule has 0 bridgehead atoms. The van der Waals surface area contributed by atoms with Gasteiger partial charge in [0.2, 0.25) is 11.7 Å². The molecule has 5 nitrogen and oxygen atoms in total. The molecule has 0 amide bonds. The summed E-state index contributed by atoms with van der Waals surface area (Å²) in [5.41, 5.74) is 1.15. The molecule has 3 aromatic rings. The van der Waals surface area contributed by atoms with Crippen LogP contribution in [0.2, 0.25) is 0 Å². The molecule has 0 atom stereocenters. The van der Waals surface area contributed by atoms with Crippen molar-refractivity contribution in [2.45, 2.75) is 19.9 Å². The van der Waals surface area contributed by atoms with Gasteiger partial charge in [-0.3, -0.25) is 4.68 Å². The second-order valence-corrected chi connectivity index (χ2v) is 4.97. The van der Waals surface area contributed by atoms with Crippen LogP contribution in [-0.2, 0) is 13.0 Å². The van der Waals surface area contributed by atoms with Gasteiger partial charge in [0, 0.05) is 19.2 Å². The van der Waals surface area contributed by atoms with Gasteiger partial charge in [-0.2, -0.15) is 10.1 Å². The predicted molar refractivity (Wildman–Crippen MR) is 68.3 cm³/mol. The molecule has 0 aliphatic heterocycles. The van der Waals surface area contributed by atoms with Crippen molar-refractivity contribution in [3.8, 4) is 10.7 Å². The van der Waals surface area contributed by atoms with Crippen LogP contribution in [0.15, 0.2) is 34.4 Å². The molecule has 6 heteroatoms. The number of hydrogen-bond acceptors (Lipinski definition) is 5. The highest BCUT2D eigenvalue weighted by Gasteiger charge is 2.09. The first-order chi connectivity index (χ1) is 8.81. The van der Waals surface area contributed by atoms with Crippen LogP contribution in [0.3, 0.4) is 0 Å². The van der Waals surface area contributed by atoms with Crippen LogP contribution in [-0.4, -0.2) is 19.9 Å². The summed E-state index contributed by atoms with van der Waals surface area (Å²) >= 11 is 1.60. The normalized spacial score (nSPS) is 10.9. The fourth-order valence-electron chi connectivity index (χ4n) is 1.66. The van der Waals surface area contributed by atoms with E-state index in [1.54, 1.807) is 11.3 Å². The zero-order chi connectivity index (χ0) is 12.4. The number of aryl methyl sites for hydroxylation is 3. The molecular weight excluding hydrogens is 248 g/mol. The van der Waals surface area contributed by atoms with Crippen molar-refractivity contribution in [1.82, 2.24) is 19.9 Å². The standard InChI is InChI=1S/C12H12N4OS/c1-9-7-13-16(8-9)5-4-11-14-12(15-17-11)10-3-2-6-18-10/h2-3,6-8H,4-5H2,1H3. The molecule has 0 aromatic carbocycles. The van der Waals surface area contributed by atoms with Crippen LogP contribution >= 0.6 is 11.3 Å². The Bertz CT molecular complexity index is 626. The molecule has 0 saturated carbocycles. The minimum Gasteiger partial charge on any atom is -0.339 e. The number of thiophene rings is 1. The van der Waals surface area contributed by atoms with E-state index < -0.39 is 0 Å². The van der Waals surface area contributed by atoms with Crippen LogP contribution < -0.4 is 0 Å². The van der Waals surface area contributed by atoms with Gasteiger partial charge in [-0.1, -0.05) is 11.2 Å². The van der Waals surface area contributed by atoms with Crippen molar-refractivity contribution in [3.05, 3.63) is 41.4 Å². The molecule has 0 spiro atoms. The zero-order valence-electron chi connectivity index (χ0n) is 9.91. The van der Waals surface area contributed by atoms with E-state index >= 15 is 0 Å². The average Bonchev–Trinajstić information content (AvgIpc) is 3.07. The van der Waals surface area contributed by atoms with E-state index in [0.29, 0.717) is 18.1 Å². The van der Waals surface area contributed by atoms with Crippen molar-refractivity contribution in [1.29, 1.82) is 0 Å². The molecule has 3 rings (SSSR count). The monoisotopic (exact) mass is 260 g/mol. The molecule has 0 aliphatic carbocycles. The van der Waals surface area contributed by atoms with Gasteiger partial charge < -0.3 is 4.52 Å². The van der Waals surface area contributed by atoms with Crippen molar-refractivity contribution in [3.63, 3.8) is 0 Å². The van der Waals surface area contributed by atoms with Crippen molar-refractivity contribution in [2.75, 3.05) is 0 Å². The summed E-state index contributed by atoms with van der Waals surface area (Å²) in [7, 11) is 0. The second-order valence-electron chi connectivity index (χ2n) is 4.02. The van der Waals surface area contributed by atoms with E-state index in [9.17, 15) is 0 Å². The maximum Gasteiger partial charge on any atom is 0.228 e. The third-order valence-corrected chi connectivity index (χ3v) is 3.39. The molecule has 0 radical (unpaired) electrons. The lowest BCUT2D eigenvalue weighted by Gasteiger charge is -1.96. The lowest BCUT2D eigenvalue weighted by atomic mass is 10.4. The number of aromatic nitrogens is 4. The van der Waals surface area contributed by atoms with Gasteiger partial charge >= 0.3 is 0 Å². The van der Waals surface area contributed by atoms with Crippen LogP contribution in [0.1, 0.15) is 11.5 Å². The molecule has 0 unspecified atom stereocenters. The Kier molecular flexibility index (Phi) is 2.93. The van der Waals surface area contributed by atoms with Gasteiger partial charge in [-0.05, 0) is 23.9 Å². The van der Waals surface area contributed by atoms with Gasteiger partial charge in [-0.15, -0.1) is 11.3 Å². The van der Waals surface area contributed by atoms with Gasteiger partial charge in [-0.25, -0.2) is 0 Å². The Hall–Kier alpha value is -1.95. The fourth-order valence-corrected chi connectivity index (χ4v) is 2.31. The number of nitrogens with zero attached hydrogens (tertiary/aromatic N) is 4. The number of hydrogen-bond donors (Lipinski definition) is 0. The molecule has 0 aliphatic rings. The topological polar surface area (TPSA) is 56.7 Å². The minimum atomic E-state index is 0.645. The first-order valence-corrected chi connectivity index (χ1v) is 6.55. The third kappa shape index (κ3) is 2.33. The van der Waals surface area contributed by atoms with E-state index in [1.807, 2.05) is 41.5 Å². The van der Waals surface area contributed by atoms with Gasteiger partial charge in [0.05, 0.1) is 11.1 Å². The molecular formula is C12H12N4OS. The van der Waals surface area contributed by atoms with E-state index in [1.165, 1.54) is 0 Å². The van der Waals surface area contributed by atoms with Crippen molar-refractivity contribution < 1.29 is 4.52 Å². The highest BCUT2D eigenvalue weighted by atomic mass is 32.1. The minimum absolute atomic E-state index is 0.645. The van der Waals surface area contributed by atoms with Crippen LogP contribution in [0.4, 0.5) is 0 Å². The Labute approximate surface area is 108 Å². The third-order valence-electron chi connectivity index (χ3n) is 2.53. The fraction of sp³-hybridized carbons (Fsp3) is 0.250. The SMILES string of the molecule is Cc1cnn(CCc2nc(-c3cccs3)no2)c1. The molecule has 3 aromatic heterocycles. The summed E-state index contributed by atoms with van der Waals surface area (Å²) in [6, 6.07) is 3.96. The lowest BCUT2D eigenvalue weighted by Crippen LogP contribution is -2.01. The summed E-state index contributed by atoms with van der Waals surface area (Å²) in [5, 5.41) is 10.2. The van der Waals surface area contributed by atoms with E-state index in [2.05, 4.69) is 15.2 Å². The van der Waals surface area contributed by atoms with Crippen LogP contribution in [0.5, 0.6) is 0 Å². The van der Waals surface area contributed by atoms with Gasteiger partial charge in [0.15, 0.2) is 0 Å².